The maximum Gasteiger partial charge on any atom is 0.130 e. The van der Waals surface area contributed by atoms with Crippen LogP contribution in [0, 0.1) is 18.8 Å². The van der Waals surface area contributed by atoms with Crippen molar-refractivity contribution in [2.75, 3.05) is 5.32 Å². The quantitative estimate of drug-likeness (QED) is 0.408. The third kappa shape index (κ3) is 5.71. The topological polar surface area (TPSA) is 12.0 Å². The number of aryl methyl sites for hydroxylation is 1. The van der Waals surface area contributed by atoms with Gasteiger partial charge in [0.25, 0.3) is 0 Å². The van der Waals surface area contributed by atoms with Crippen molar-refractivity contribution in [3.63, 3.8) is 0 Å². The molecule has 2 heteroatoms. The molecule has 0 radical (unpaired) electrons. The van der Waals surface area contributed by atoms with Crippen LogP contribution in [0.4, 0.5) is 15.8 Å². The van der Waals surface area contributed by atoms with Crippen LogP contribution in [0.3, 0.4) is 0 Å². The Morgan fingerprint density at radius 3 is 2.71 bits per heavy atom. The summed E-state index contributed by atoms with van der Waals surface area (Å²) in [6.45, 7) is 8.50. The van der Waals surface area contributed by atoms with Crippen molar-refractivity contribution in [1.82, 2.24) is 0 Å². The molecule has 2 aromatic carbocycles. The van der Waals surface area contributed by atoms with Gasteiger partial charge in [-0.15, -0.1) is 0 Å². The lowest BCUT2D eigenvalue weighted by atomic mass is 9.92. The van der Waals surface area contributed by atoms with Gasteiger partial charge < -0.3 is 5.32 Å². The van der Waals surface area contributed by atoms with Crippen LogP contribution in [0.2, 0.25) is 0 Å². The third-order valence-corrected chi connectivity index (χ3v) is 7.53. The van der Waals surface area contributed by atoms with Crippen molar-refractivity contribution in [1.29, 1.82) is 0 Å². The molecule has 34 heavy (non-hydrogen) atoms. The zero-order valence-corrected chi connectivity index (χ0v) is 21.4. The zero-order chi connectivity index (χ0) is 24.1. The molecule has 0 aromatic heterocycles. The first-order valence-electron chi connectivity index (χ1n) is 13.2. The Kier molecular flexibility index (Phi) is 8.08. The van der Waals surface area contributed by atoms with Gasteiger partial charge in [-0.3, -0.25) is 0 Å². The van der Waals surface area contributed by atoms with Gasteiger partial charge in [-0.2, -0.15) is 0 Å². The molecule has 2 unspecified atom stereocenters. The van der Waals surface area contributed by atoms with E-state index in [1.807, 2.05) is 6.92 Å². The molecule has 0 spiro atoms. The molecular formula is C32H40FN. The predicted molar refractivity (Wildman–Crippen MR) is 145 cm³/mol. The maximum absolute atomic E-state index is 15.2. The Morgan fingerprint density at radius 2 is 1.91 bits per heavy atom. The Labute approximate surface area is 205 Å². The van der Waals surface area contributed by atoms with E-state index in [9.17, 15) is 0 Å². The Hall–Kier alpha value is -2.61. The van der Waals surface area contributed by atoms with Gasteiger partial charge in [-0.1, -0.05) is 69.0 Å². The number of nitrogens with one attached hydrogen (secondary N) is 1. The molecule has 2 atom stereocenters. The largest absolute Gasteiger partial charge is 0.355 e. The smallest absolute Gasteiger partial charge is 0.130 e. The lowest BCUT2D eigenvalue weighted by molar-refractivity contribution is 0.430. The average Bonchev–Trinajstić information content (AvgIpc) is 3.12. The van der Waals surface area contributed by atoms with E-state index in [4.69, 9.17) is 0 Å². The molecule has 2 aliphatic rings. The summed E-state index contributed by atoms with van der Waals surface area (Å²) in [7, 11) is 0. The lowest BCUT2D eigenvalue weighted by Gasteiger charge is -2.18. The summed E-state index contributed by atoms with van der Waals surface area (Å²) < 4.78 is 15.2. The first-order valence-corrected chi connectivity index (χ1v) is 13.2. The van der Waals surface area contributed by atoms with Crippen LogP contribution in [0.25, 0.3) is 5.57 Å². The van der Waals surface area contributed by atoms with Gasteiger partial charge in [0.2, 0.25) is 0 Å². The summed E-state index contributed by atoms with van der Waals surface area (Å²) >= 11 is 0. The number of halogens is 1. The molecule has 1 nitrogen and oxygen atoms in total. The van der Waals surface area contributed by atoms with E-state index in [0.29, 0.717) is 5.57 Å². The standard InChI is InChI=1S/C32H40FN/c1-5-7-10-25-11-8-13-28-26(19-25)12-9-14-32(28)34-27-16-15-23(4)29(21-27)30-20-24(6-2)17-22(3)18-31(30)33/h9,12,14-18,20-21,24-25,34H,5-8,10-11,13,19H2,1-4H3. The molecule has 0 saturated carbocycles. The van der Waals surface area contributed by atoms with E-state index < -0.39 is 0 Å². The fourth-order valence-corrected chi connectivity index (χ4v) is 5.56. The molecule has 180 valence electrons. The SMILES string of the molecule is CCCCC1CCCc2c(cccc2Nc2ccc(C)c(C3=CC(CC)C=C(C)C=C3F)c2)C1. The van der Waals surface area contributed by atoms with Gasteiger partial charge >= 0.3 is 0 Å². The van der Waals surface area contributed by atoms with Gasteiger partial charge in [-0.05, 0) is 104 Å². The number of unbranched alkanes of at least 4 members (excludes halogenated alkanes) is 1. The lowest BCUT2D eigenvalue weighted by Crippen LogP contribution is -2.04. The summed E-state index contributed by atoms with van der Waals surface area (Å²) in [4.78, 5) is 0. The Morgan fingerprint density at radius 1 is 1.06 bits per heavy atom. The highest BCUT2D eigenvalue weighted by atomic mass is 19.1. The highest BCUT2D eigenvalue weighted by Gasteiger charge is 2.20. The molecule has 2 aliphatic carbocycles. The van der Waals surface area contributed by atoms with E-state index >= 15 is 4.39 Å². The summed E-state index contributed by atoms with van der Waals surface area (Å²) in [6.07, 6.45) is 15.8. The second-order valence-electron chi connectivity index (χ2n) is 10.3. The highest BCUT2D eigenvalue weighted by Crippen LogP contribution is 2.36. The van der Waals surface area contributed by atoms with Crippen LogP contribution in [0.15, 0.2) is 66.0 Å². The van der Waals surface area contributed by atoms with E-state index in [-0.39, 0.29) is 11.7 Å². The van der Waals surface area contributed by atoms with Gasteiger partial charge in [0.1, 0.15) is 5.83 Å². The van der Waals surface area contributed by atoms with Crippen LogP contribution < -0.4 is 5.32 Å². The molecule has 0 saturated heterocycles. The number of fused-ring (bicyclic) bond motifs is 1. The van der Waals surface area contributed by atoms with E-state index in [1.165, 1.54) is 55.3 Å². The second-order valence-corrected chi connectivity index (χ2v) is 10.3. The summed E-state index contributed by atoms with van der Waals surface area (Å²) in [5, 5.41) is 3.71. The Balaban J connectivity index is 1.63. The highest BCUT2D eigenvalue weighted by molar-refractivity contribution is 5.82. The normalized spacial score (nSPS) is 20.4. The molecule has 0 amide bonds. The van der Waals surface area contributed by atoms with Crippen molar-refractivity contribution < 1.29 is 4.39 Å². The third-order valence-electron chi connectivity index (χ3n) is 7.53. The van der Waals surface area contributed by atoms with Crippen LogP contribution >= 0.6 is 0 Å². The summed E-state index contributed by atoms with van der Waals surface area (Å²) in [5.41, 5.74) is 8.98. The molecule has 4 rings (SSSR count). The van der Waals surface area contributed by atoms with Crippen molar-refractivity contribution in [2.45, 2.75) is 79.1 Å². The minimum atomic E-state index is -0.142. The first-order chi connectivity index (χ1) is 16.5. The molecule has 2 aromatic rings. The molecule has 0 aliphatic heterocycles. The monoisotopic (exact) mass is 457 g/mol. The molecule has 0 bridgehead atoms. The molecule has 0 fully saturated rings. The van der Waals surface area contributed by atoms with Crippen molar-refractivity contribution in [3.05, 3.63) is 88.3 Å². The number of benzene rings is 2. The minimum Gasteiger partial charge on any atom is -0.355 e. The van der Waals surface area contributed by atoms with E-state index in [1.54, 1.807) is 6.08 Å². The van der Waals surface area contributed by atoms with Gasteiger partial charge in [-0.25, -0.2) is 4.39 Å². The first kappa shape index (κ1) is 24.5. The molecule has 1 N–H and O–H groups in total. The van der Waals surface area contributed by atoms with Crippen LogP contribution in [-0.4, -0.2) is 0 Å². The summed E-state index contributed by atoms with van der Waals surface area (Å²) in [6, 6.07) is 13.1. The second kappa shape index (κ2) is 11.2. The van der Waals surface area contributed by atoms with E-state index in [2.05, 4.69) is 74.6 Å². The van der Waals surface area contributed by atoms with E-state index in [0.717, 1.165) is 41.1 Å². The fraction of sp³-hybridized carbons (Fsp3) is 0.438. The zero-order valence-electron chi connectivity index (χ0n) is 21.4. The molecular weight excluding hydrogens is 417 g/mol. The van der Waals surface area contributed by atoms with Gasteiger partial charge in [0.15, 0.2) is 0 Å². The maximum atomic E-state index is 15.2. The van der Waals surface area contributed by atoms with Crippen molar-refractivity contribution in [2.24, 2.45) is 11.8 Å². The average molecular weight is 458 g/mol. The van der Waals surface area contributed by atoms with Gasteiger partial charge in [0, 0.05) is 16.9 Å². The molecule has 0 heterocycles. The number of rotatable bonds is 7. The fourth-order valence-electron chi connectivity index (χ4n) is 5.56. The van der Waals surface area contributed by atoms with Crippen LogP contribution in [-0.2, 0) is 12.8 Å². The van der Waals surface area contributed by atoms with Crippen molar-refractivity contribution >= 4 is 16.9 Å². The number of hydrogen-bond donors (Lipinski definition) is 1. The predicted octanol–water partition coefficient (Wildman–Crippen LogP) is 9.65. The Bertz CT molecular complexity index is 1100. The number of allylic oxidation sites excluding steroid dienone is 6. The summed E-state index contributed by atoms with van der Waals surface area (Å²) in [5.74, 6) is 0.917. The van der Waals surface area contributed by atoms with Crippen LogP contribution in [0.5, 0.6) is 0 Å². The van der Waals surface area contributed by atoms with Crippen molar-refractivity contribution in [3.8, 4) is 0 Å². The van der Waals surface area contributed by atoms with Crippen LogP contribution in [0.1, 0.15) is 81.5 Å². The van der Waals surface area contributed by atoms with Gasteiger partial charge in [0.05, 0.1) is 0 Å². The minimum absolute atomic E-state index is 0.142. The number of anilines is 2. The number of hydrogen-bond acceptors (Lipinski definition) is 1.